The van der Waals surface area contributed by atoms with Crippen molar-refractivity contribution in [1.29, 1.82) is 0 Å². The van der Waals surface area contributed by atoms with E-state index in [9.17, 15) is 12.8 Å². The molecular weight excluding hydrogens is 277 g/mol. The van der Waals surface area contributed by atoms with Crippen LogP contribution in [-0.2, 0) is 9.84 Å². The Balaban J connectivity index is 1.97. The Hall–Kier alpha value is -0.940. The summed E-state index contributed by atoms with van der Waals surface area (Å²) in [7, 11) is -2.95. The van der Waals surface area contributed by atoms with Gasteiger partial charge in [0.25, 0.3) is 0 Å². The average molecular weight is 299 g/mol. The minimum atomic E-state index is -2.95. The van der Waals surface area contributed by atoms with Crippen LogP contribution in [0.2, 0.25) is 0 Å². The zero-order valence-electron chi connectivity index (χ0n) is 12.0. The molecule has 0 saturated heterocycles. The quantitative estimate of drug-likeness (QED) is 0.930. The van der Waals surface area contributed by atoms with Gasteiger partial charge in [0, 0.05) is 18.3 Å². The van der Waals surface area contributed by atoms with Crippen molar-refractivity contribution < 1.29 is 12.8 Å². The molecule has 1 aromatic carbocycles. The number of benzene rings is 1. The maximum atomic E-state index is 12.9. The van der Waals surface area contributed by atoms with Crippen LogP contribution < -0.4 is 5.32 Å². The smallest absolute Gasteiger partial charge is 0.150 e. The van der Waals surface area contributed by atoms with Crippen LogP contribution in [0, 0.1) is 5.82 Å². The van der Waals surface area contributed by atoms with Gasteiger partial charge in [-0.2, -0.15) is 0 Å². The predicted molar refractivity (Wildman–Crippen MR) is 78.8 cm³/mol. The molecular formula is C15H22FNO2S. The molecule has 2 rings (SSSR count). The summed E-state index contributed by atoms with van der Waals surface area (Å²) in [5, 5.41) is 3.24. The fourth-order valence-electron chi connectivity index (χ4n) is 2.89. The molecule has 0 spiro atoms. The summed E-state index contributed by atoms with van der Waals surface area (Å²) in [4.78, 5) is 0. The van der Waals surface area contributed by atoms with E-state index in [4.69, 9.17) is 0 Å². The molecule has 0 radical (unpaired) electrons. The van der Waals surface area contributed by atoms with Gasteiger partial charge in [-0.15, -0.1) is 0 Å². The summed E-state index contributed by atoms with van der Waals surface area (Å²) >= 11 is 0. The number of hydrogen-bond acceptors (Lipinski definition) is 3. The largest absolute Gasteiger partial charge is 0.307 e. The van der Waals surface area contributed by atoms with Gasteiger partial charge in [0.1, 0.15) is 15.7 Å². The highest BCUT2D eigenvalue weighted by molar-refractivity contribution is 7.91. The first-order valence-electron chi connectivity index (χ1n) is 7.06. The summed E-state index contributed by atoms with van der Waals surface area (Å²) in [5.74, 6) is -0.240. The zero-order valence-corrected chi connectivity index (χ0v) is 12.8. The molecule has 112 valence electrons. The third-order valence-electron chi connectivity index (χ3n) is 4.09. The third kappa shape index (κ3) is 4.03. The molecule has 1 aromatic rings. The molecule has 5 heteroatoms. The van der Waals surface area contributed by atoms with E-state index < -0.39 is 9.84 Å². The maximum Gasteiger partial charge on any atom is 0.150 e. The van der Waals surface area contributed by atoms with Crippen molar-refractivity contribution in [2.75, 3.05) is 6.26 Å². The van der Waals surface area contributed by atoms with E-state index in [1.807, 2.05) is 6.92 Å². The van der Waals surface area contributed by atoms with Gasteiger partial charge in [0.15, 0.2) is 0 Å². The van der Waals surface area contributed by atoms with Gasteiger partial charge < -0.3 is 5.32 Å². The molecule has 0 aliphatic heterocycles. The third-order valence-corrected chi connectivity index (χ3v) is 5.73. The van der Waals surface area contributed by atoms with Crippen LogP contribution in [0.4, 0.5) is 4.39 Å². The number of hydrogen-bond donors (Lipinski definition) is 1. The molecule has 1 saturated carbocycles. The van der Waals surface area contributed by atoms with Gasteiger partial charge in [-0.25, -0.2) is 12.8 Å². The van der Waals surface area contributed by atoms with Crippen molar-refractivity contribution in [3.8, 4) is 0 Å². The fraction of sp³-hybridized carbons (Fsp3) is 0.600. The topological polar surface area (TPSA) is 46.2 Å². The lowest BCUT2D eigenvalue weighted by Gasteiger charge is -2.31. The summed E-state index contributed by atoms with van der Waals surface area (Å²) in [6, 6.07) is 6.75. The lowest BCUT2D eigenvalue weighted by atomic mass is 9.93. The average Bonchev–Trinajstić information content (AvgIpc) is 2.38. The fourth-order valence-corrected chi connectivity index (χ4v) is 4.06. The number of rotatable bonds is 4. The van der Waals surface area contributed by atoms with Crippen molar-refractivity contribution in [3.05, 3.63) is 35.6 Å². The lowest BCUT2D eigenvalue weighted by Crippen LogP contribution is -2.39. The standard InChI is InChI=1S/C15H22FNO2S/c1-11(12-6-8-13(16)9-7-12)17-14-4-3-5-15(10-14)20(2,18)19/h6-9,11,14-15,17H,3-5,10H2,1-2H3/t11-,14?,15?/m1/s1. The first kappa shape index (κ1) is 15.4. The summed E-state index contributed by atoms with van der Waals surface area (Å²) in [6.07, 6.45) is 4.69. The normalized spacial score (nSPS) is 25.4. The van der Waals surface area contributed by atoms with Crippen molar-refractivity contribution in [2.24, 2.45) is 0 Å². The lowest BCUT2D eigenvalue weighted by molar-refractivity contribution is 0.346. The molecule has 3 nitrogen and oxygen atoms in total. The van der Waals surface area contributed by atoms with Crippen LogP contribution in [0.25, 0.3) is 0 Å². The van der Waals surface area contributed by atoms with Crippen LogP contribution in [0.15, 0.2) is 24.3 Å². The summed E-state index contributed by atoms with van der Waals surface area (Å²) < 4.78 is 36.2. The molecule has 20 heavy (non-hydrogen) atoms. The van der Waals surface area contributed by atoms with Gasteiger partial charge in [0.05, 0.1) is 5.25 Å². The van der Waals surface area contributed by atoms with E-state index in [1.165, 1.54) is 18.4 Å². The van der Waals surface area contributed by atoms with E-state index in [0.717, 1.165) is 24.8 Å². The first-order chi connectivity index (χ1) is 9.36. The second-order valence-electron chi connectivity index (χ2n) is 5.75. The Labute approximate surface area is 120 Å². The van der Waals surface area contributed by atoms with Crippen LogP contribution in [-0.4, -0.2) is 26.0 Å². The van der Waals surface area contributed by atoms with Crippen molar-refractivity contribution >= 4 is 9.84 Å². The van der Waals surface area contributed by atoms with E-state index >= 15 is 0 Å². The molecule has 0 bridgehead atoms. The van der Waals surface area contributed by atoms with Gasteiger partial charge >= 0.3 is 0 Å². The number of sulfone groups is 1. The van der Waals surface area contributed by atoms with Gasteiger partial charge in [0.2, 0.25) is 0 Å². The van der Waals surface area contributed by atoms with E-state index in [-0.39, 0.29) is 23.2 Å². The molecule has 1 N–H and O–H groups in total. The molecule has 1 aliphatic rings. The van der Waals surface area contributed by atoms with Gasteiger partial charge in [-0.1, -0.05) is 18.6 Å². The van der Waals surface area contributed by atoms with Crippen LogP contribution in [0.5, 0.6) is 0 Å². The summed E-state index contributed by atoms with van der Waals surface area (Å²) in [6.45, 7) is 2.03. The van der Waals surface area contributed by atoms with Crippen LogP contribution >= 0.6 is 0 Å². The zero-order chi connectivity index (χ0) is 14.8. The van der Waals surface area contributed by atoms with E-state index in [0.29, 0.717) is 6.42 Å². The monoisotopic (exact) mass is 299 g/mol. The van der Waals surface area contributed by atoms with E-state index in [2.05, 4.69) is 5.32 Å². The minimum absolute atomic E-state index is 0.0962. The Morgan fingerprint density at radius 2 is 1.90 bits per heavy atom. The number of halogens is 1. The molecule has 2 unspecified atom stereocenters. The molecule has 0 aromatic heterocycles. The maximum absolute atomic E-state index is 12.9. The van der Waals surface area contributed by atoms with Gasteiger partial charge in [-0.3, -0.25) is 0 Å². The Bertz CT molecular complexity index is 541. The molecule has 1 aliphatic carbocycles. The van der Waals surface area contributed by atoms with E-state index in [1.54, 1.807) is 12.1 Å². The summed E-state index contributed by atoms with van der Waals surface area (Å²) in [5.41, 5.74) is 1.02. The minimum Gasteiger partial charge on any atom is -0.307 e. The van der Waals surface area contributed by atoms with Crippen LogP contribution in [0.3, 0.4) is 0 Å². The molecule has 0 amide bonds. The Kier molecular flexibility index (Phi) is 4.81. The second-order valence-corrected chi connectivity index (χ2v) is 8.08. The molecule has 1 fully saturated rings. The predicted octanol–water partition coefficient (Wildman–Crippen LogP) is 2.83. The highest BCUT2D eigenvalue weighted by Crippen LogP contribution is 2.26. The molecule has 0 heterocycles. The first-order valence-corrected chi connectivity index (χ1v) is 9.02. The highest BCUT2D eigenvalue weighted by atomic mass is 32.2. The SMILES string of the molecule is C[C@@H](NC1CCCC(S(C)(=O)=O)C1)c1ccc(F)cc1. The number of nitrogens with one attached hydrogen (secondary N) is 1. The van der Waals surface area contributed by atoms with Crippen LogP contribution in [0.1, 0.15) is 44.2 Å². The second kappa shape index (κ2) is 6.22. The Morgan fingerprint density at radius 1 is 1.25 bits per heavy atom. The Morgan fingerprint density at radius 3 is 2.50 bits per heavy atom. The van der Waals surface area contributed by atoms with Crippen molar-refractivity contribution in [1.82, 2.24) is 5.32 Å². The van der Waals surface area contributed by atoms with Crippen molar-refractivity contribution in [2.45, 2.75) is 49.9 Å². The van der Waals surface area contributed by atoms with Gasteiger partial charge in [-0.05, 0) is 43.9 Å². The highest BCUT2D eigenvalue weighted by Gasteiger charge is 2.29. The molecule has 3 atom stereocenters. The van der Waals surface area contributed by atoms with Crippen molar-refractivity contribution in [3.63, 3.8) is 0 Å².